The molecule has 22 heavy (non-hydrogen) atoms. The molecule has 5 heteroatoms. The zero-order chi connectivity index (χ0) is 15.5. The number of aryl methyl sites for hydroxylation is 1. The van der Waals surface area contributed by atoms with E-state index in [0.29, 0.717) is 6.04 Å². The van der Waals surface area contributed by atoms with Crippen molar-refractivity contribution in [3.63, 3.8) is 0 Å². The molecule has 0 spiro atoms. The molecule has 3 nitrogen and oxygen atoms in total. The topological polar surface area (TPSA) is 33.5 Å². The molecule has 1 amide bonds. The van der Waals surface area contributed by atoms with E-state index in [-0.39, 0.29) is 11.9 Å². The van der Waals surface area contributed by atoms with Crippen molar-refractivity contribution in [2.45, 2.75) is 38.8 Å². The molecule has 3 heterocycles. The van der Waals surface area contributed by atoms with Gasteiger partial charge in [-0.3, -0.25) is 4.79 Å². The number of rotatable bonds is 5. The first kappa shape index (κ1) is 15.7. The molecule has 1 saturated heterocycles. The van der Waals surface area contributed by atoms with Crippen LogP contribution in [0.4, 0.5) is 0 Å². The summed E-state index contributed by atoms with van der Waals surface area (Å²) >= 11 is 3.33. The van der Waals surface area contributed by atoms with Crippen LogP contribution in [0.5, 0.6) is 0 Å². The zero-order valence-electron chi connectivity index (χ0n) is 13.1. The Bertz CT molecular complexity index is 614. The van der Waals surface area contributed by atoms with Crippen molar-refractivity contribution in [1.29, 1.82) is 0 Å². The van der Waals surface area contributed by atoms with Crippen molar-refractivity contribution >= 4 is 28.6 Å². The highest BCUT2D eigenvalue weighted by Crippen LogP contribution is 2.22. The normalized spacial score (nSPS) is 18.3. The monoisotopic (exact) mass is 335 g/mol. The average Bonchev–Trinajstić information content (AvgIpc) is 3.20. The second kappa shape index (κ2) is 6.94. The molecule has 118 valence electrons. The Hall–Kier alpha value is -1.17. The molecule has 1 aliphatic heterocycles. The largest absolute Gasteiger partial charge is 0.342 e. The highest BCUT2D eigenvalue weighted by Gasteiger charge is 2.34. The quantitative estimate of drug-likeness (QED) is 0.865. The number of quaternary nitrogens is 1. The summed E-state index contributed by atoms with van der Waals surface area (Å²) in [5.41, 5.74) is 1.07. The number of thiophene rings is 2. The van der Waals surface area contributed by atoms with E-state index in [1.807, 2.05) is 18.4 Å². The summed E-state index contributed by atoms with van der Waals surface area (Å²) in [6.07, 6.45) is 2.59. The van der Waals surface area contributed by atoms with Crippen LogP contribution in [0.2, 0.25) is 0 Å². The Kier molecular flexibility index (Phi) is 4.96. The van der Waals surface area contributed by atoms with Crippen LogP contribution in [0, 0.1) is 6.92 Å². The van der Waals surface area contributed by atoms with Crippen molar-refractivity contribution in [1.82, 2.24) is 5.32 Å². The molecule has 2 aromatic rings. The summed E-state index contributed by atoms with van der Waals surface area (Å²) in [7, 11) is 0. The van der Waals surface area contributed by atoms with Crippen molar-refractivity contribution in [3.8, 4) is 0 Å². The Balaban J connectivity index is 1.76. The highest BCUT2D eigenvalue weighted by atomic mass is 32.1. The first-order valence-corrected chi connectivity index (χ1v) is 9.65. The smallest absolute Gasteiger partial charge is 0.262 e. The van der Waals surface area contributed by atoms with Gasteiger partial charge in [0.05, 0.1) is 28.9 Å². The Morgan fingerprint density at radius 1 is 1.23 bits per heavy atom. The lowest BCUT2D eigenvalue weighted by Gasteiger charge is -2.29. The van der Waals surface area contributed by atoms with Gasteiger partial charge in [0.2, 0.25) is 0 Å². The average molecular weight is 336 g/mol. The standard InChI is InChI=1S/C17H22N2OS2/c1-12-7-11-22-16(12)17(20)18-13(2)15(14-6-5-10-21-14)19-8-3-4-9-19/h5-7,10-11,13,15H,3-4,8-9H2,1-2H3,(H,18,20)/p+1/t13-,15+/m1/s1. The minimum atomic E-state index is 0.0696. The number of carbonyl (C=O) groups is 1. The second-order valence-corrected chi connectivity index (χ2v) is 7.95. The summed E-state index contributed by atoms with van der Waals surface area (Å²) in [6, 6.07) is 6.83. The maximum atomic E-state index is 12.5. The summed E-state index contributed by atoms with van der Waals surface area (Å²) in [4.78, 5) is 16.4. The van der Waals surface area contributed by atoms with Gasteiger partial charge in [-0.1, -0.05) is 6.07 Å². The van der Waals surface area contributed by atoms with Crippen molar-refractivity contribution in [2.75, 3.05) is 13.1 Å². The van der Waals surface area contributed by atoms with E-state index < -0.39 is 0 Å². The van der Waals surface area contributed by atoms with Crippen LogP contribution in [-0.2, 0) is 0 Å². The van der Waals surface area contributed by atoms with Crippen molar-refractivity contribution < 1.29 is 9.69 Å². The number of carbonyl (C=O) groups excluding carboxylic acids is 1. The summed E-state index contributed by atoms with van der Waals surface area (Å²) in [6.45, 7) is 6.57. The zero-order valence-corrected chi connectivity index (χ0v) is 14.7. The number of likely N-dealkylation sites (tertiary alicyclic amines) is 1. The predicted molar refractivity (Wildman–Crippen MR) is 93.0 cm³/mol. The van der Waals surface area contributed by atoms with E-state index in [2.05, 4.69) is 29.8 Å². The first-order chi connectivity index (χ1) is 10.7. The third kappa shape index (κ3) is 3.26. The molecule has 0 radical (unpaired) electrons. The molecule has 2 aromatic heterocycles. The second-order valence-electron chi connectivity index (χ2n) is 6.05. The van der Waals surface area contributed by atoms with Gasteiger partial charge in [-0.15, -0.1) is 22.7 Å². The lowest BCUT2D eigenvalue weighted by molar-refractivity contribution is -0.920. The summed E-state index contributed by atoms with van der Waals surface area (Å²) in [5.74, 6) is 0.0696. The molecule has 1 fully saturated rings. The molecule has 0 saturated carbocycles. The number of nitrogens with one attached hydrogen (secondary N) is 2. The molecule has 2 atom stereocenters. The number of amides is 1. The molecular formula is C17H23N2OS2+. The lowest BCUT2D eigenvalue weighted by atomic mass is 10.1. The first-order valence-electron chi connectivity index (χ1n) is 7.89. The maximum Gasteiger partial charge on any atom is 0.262 e. The molecule has 3 rings (SSSR count). The van der Waals surface area contributed by atoms with Gasteiger partial charge in [0.1, 0.15) is 6.04 Å². The Morgan fingerprint density at radius 2 is 2.00 bits per heavy atom. The van der Waals surface area contributed by atoms with Gasteiger partial charge in [0, 0.05) is 12.8 Å². The van der Waals surface area contributed by atoms with Crippen LogP contribution in [0.15, 0.2) is 29.0 Å². The minimum Gasteiger partial charge on any atom is -0.342 e. The van der Waals surface area contributed by atoms with Gasteiger partial charge in [-0.2, -0.15) is 0 Å². The lowest BCUT2D eigenvalue weighted by Crippen LogP contribution is -3.11. The van der Waals surface area contributed by atoms with E-state index in [9.17, 15) is 4.79 Å². The number of hydrogen-bond donors (Lipinski definition) is 2. The minimum absolute atomic E-state index is 0.0696. The van der Waals surface area contributed by atoms with E-state index in [1.165, 1.54) is 42.1 Å². The van der Waals surface area contributed by atoms with E-state index in [4.69, 9.17) is 0 Å². The van der Waals surface area contributed by atoms with Crippen LogP contribution in [-0.4, -0.2) is 25.0 Å². The fourth-order valence-electron chi connectivity index (χ4n) is 3.37. The molecule has 0 bridgehead atoms. The Morgan fingerprint density at radius 3 is 2.59 bits per heavy atom. The van der Waals surface area contributed by atoms with E-state index in [0.717, 1.165) is 10.4 Å². The molecule has 0 unspecified atom stereocenters. The van der Waals surface area contributed by atoms with Crippen LogP contribution in [0.1, 0.15) is 45.9 Å². The van der Waals surface area contributed by atoms with Crippen LogP contribution >= 0.6 is 22.7 Å². The van der Waals surface area contributed by atoms with Crippen molar-refractivity contribution in [2.24, 2.45) is 0 Å². The van der Waals surface area contributed by atoms with Gasteiger partial charge < -0.3 is 10.2 Å². The fourth-order valence-corrected chi connectivity index (χ4v) is 5.19. The van der Waals surface area contributed by atoms with Crippen LogP contribution in [0.25, 0.3) is 0 Å². The molecule has 0 aliphatic carbocycles. The summed E-state index contributed by atoms with van der Waals surface area (Å²) in [5, 5.41) is 7.36. The Labute approximate surface area is 140 Å². The molecular weight excluding hydrogens is 312 g/mol. The van der Waals surface area contributed by atoms with Gasteiger partial charge >= 0.3 is 0 Å². The fraction of sp³-hybridized carbons (Fsp3) is 0.471. The molecule has 0 aromatic carbocycles. The SMILES string of the molecule is Cc1ccsc1C(=O)N[C@H](C)[C@@H](c1cccs1)[NH+]1CCCC1. The van der Waals surface area contributed by atoms with E-state index in [1.54, 1.807) is 16.2 Å². The third-order valence-corrected chi connectivity index (χ3v) is 6.43. The van der Waals surface area contributed by atoms with Crippen LogP contribution in [0.3, 0.4) is 0 Å². The van der Waals surface area contributed by atoms with Gasteiger partial charge in [0.25, 0.3) is 5.91 Å². The molecule has 1 aliphatic rings. The summed E-state index contributed by atoms with van der Waals surface area (Å²) < 4.78 is 0. The van der Waals surface area contributed by atoms with Gasteiger partial charge in [0.15, 0.2) is 0 Å². The highest BCUT2D eigenvalue weighted by molar-refractivity contribution is 7.12. The third-order valence-electron chi connectivity index (χ3n) is 4.46. The van der Waals surface area contributed by atoms with E-state index >= 15 is 0 Å². The van der Waals surface area contributed by atoms with Crippen LogP contribution < -0.4 is 10.2 Å². The number of hydrogen-bond acceptors (Lipinski definition) is 3. The molecule has 2 N–H and O–H groups in total. The van der Waals surface area contributed by atoms with Gasteiger partial charge in [-0.25, -0.2) is 0 Å². The maximum absolute atomic E-state index is 12.5. The van der Waals surface area contributed by atoms with Gasteiger partial charge in [-0.05, 0) is 42.3 Å². The van der Waals surface area contributed by atoms with Crippen molar-refractivity contribution in [3.05, 3.63) is 44.3 Å². The predicted octanol–water partition coefficient (Wildman–Crippen LogP) is 2.66.